The lowest BCUT2D eigenvalue weighted by molar-refractivity contribution is -0.119. The first-order valence-corrected chi connectivity index (χ1v) is 8.05. The highest BCUT2D eigenvalue weighted by atomic mass is 35.5. The Bertz CT molecular complexity index is 790. The van der Waals surface area contributed by atoms with Crippen LogP contribution in [0.2, 0.25) is 5.02 Å². The average Bonchev–Trinajstić information content (AvgIpc) is 3.01. The molecular weight excluding hydrogens is 357 g/mol. The van der Waals surface area contributed by atoms with Crippen LogP contribution < -0.4 is 5.32 Å². The molecule has 0 aliphatic rings. The summed E-state index contributed by atoms with van der Waals surface area (Å²) in [5.41, 5.74) is -0.326. The van der Waals surface area contributed by atoms with Crippen molar-refractivity contribution in [3.8, 4) is 0 Å². The number of rotatable bonds is 6. The number of esters is 1. The number of ether oxygens (including phenoxy) is 1. The second-order valence-electron chi connectivity index (χ2n) is 4.80. The van der Waals surface area contributed by atoms with Gasteiger partial charge in [-0.3, -0.25) is 9.59 Å². The molecule has 0 aliphatic heterocycles. The molecule has 0 aliphatic carbocycles. The predicted molar refractivity (Wildman–Crippen MR) is 87.9 cm³/mol. The summed E-state index contributed by atoms with van der Waals surface area (Å²) in [6.07, 6.45) is 0. The first-order chi connectivity index (χ1) is 11.4. The van der Waals surface area contributed by atoms with Crippen LogP contribution in [-0.4, -0.2) is 24.3 Å². The highest BCUT2D eigenvalue weighted by Crippen LogP contribution is 2.18. The molecule has 1 aromatic carbocycles. The van der Waals surface area contributed by atoms with E-state index in [4.69, 9.17) is 16.3 Å². The maximum atomic E-state index is 13.5. The van der Waals surface area contributed by atoms with E-state index in [9.17, 15) is 18.8 Å². The molecule has 5 nitrogen and oxygen atoms in total. The molecule has 2 aromatic rings. The summed E-state index contributed by atoms with van der Waals surface area (Å²) in [7, 11) is 0. The van der Waals surface area contributed by atoms with E-state index < -0.39 is 24.2 Å². The van der Waals surface area contributed by atoms with E-state index in [1.165, 1.54) is 24.3 Å². The fraction of sp³-hybridized carbons (Fsp3) is 0.188. The van der Waals surface area contributed by atoms with Crippen molar-refractivity contribution in [1.29, 1.82) is 0 Å². The summed E-state index contributed by atoms with van der Waals surface area (Å²) < 4.78 is 18.4. The molecule has 1 amide bonds. The number of ketones is 1. The van der Waals surface area contributed by atoms with Crippen molar-refractivity contribution in [2.24, 2.45) is 0 Å². The van der Waals surface area contributed by atoms with Gasteiger partial charge in [-0.15, -0.1) is 11.3 Å². The third-order valence-electron chi connectivity index (χ3n) is 2.93. The molecule has 1 heterocycles. The molecule has 126 valence electrons. The summed E-state index contributed by atoms with van der Waals surface area (Å²) >= 11 is 6.89. The van der Waals surface area contributed by atoms with Crippen molar-refractivity contribution in [2.45, 2.75) is 13.5 Å². The van der Waals surface area contributed by atoms with Gasteiger partial charge in [0.25, 0.3) is 0 Å². The fourth-order valence-corrected chi connectivity index (χ4v) is 2.81. The highest BCUT2D eigenvalue weighted by Gasteiger charge is 2.17. The van der Waals surface area contributed by atoms with Gasteiger partial charge >= 0.3 is 5.97 Å². The minimum absolute atomic E-state index is 0.172. The van der Waals surface area contributed by atoms with Crippen molar-refractivity contribution >= 4 is 40.6 Å². The van der Waals surface area contributed by atoms with Crippen molar-refractivity contribution in [3.63, 3.8) is 0 Å². The van der Waals surface area contributed by atoms with Gasteiger partial charge in [-0.25, -0.2) is 9.18 Å². The van der Waals surface area contributed by atoms with Crippen molar-refractivity contribution < 1.29 is 23.5 Å². The molecule has 24 heavy (non-hydrogen) atoms. The van der Waals surface area contributed by atoms with E-state index >= 15 is 0 Å². The molecule has 0 radical (unpaired) electrons. The monoisotopic (exact) mass is 369 g/mol. The lowest BCUT2D eigenvalue weighted by Gasteiger charge is -2.05. The Balaban J connectivity index is 1.94. The van der Waals surface area contributed by atoms with Gasteiger partial charge in [-0.05, 0) is 30.3 Å². The van der Waals surface area contributed by atoms with Gasteiger partial charge in [-0.1, -0.05) is 11.6 Å². The van der Waals surface area contributed by atoms with Crippen LogP contribution in [-0.2, 0) is 16.1 Å². The van der Waals surface area contributed by atoms with E-state index in [1.54, 1.807) is 12.1 Å². The molecule has 0 unspecified atom stereocenters. The molecule has 0 spiro atoms. The third-order valence-corrected chi connectivity index (χ3v) is 4.29. The van der Waals surface area contributed by atoms with E-state index in [0.29, 0.717) is 11.4 Å². The summed E-state index contributed by atoms with van der Waals surface area (Å²) in [6.45, 7) is 1.21. The van der Waals surface area contributed by atoms with Crippen molar-refractivity contribution in [2.75, 3.05) is 6.61 Å². The summed E-state index contributed by atoms with van der Waals surface area (Å²) in [4.78, 5) is 35.9. The zero-order valence-electron chi connectivity index (χ0n) is 12.6. The second kappa shape index (κ2) is 8.03. The Labute approximate surface area is 146 Å². The summed E-state index contributed by atoms with van der Waals surface area (Å²) in [5, 5.41) is 2.81. The number of halogens is 2. The number of carbonyl (C=O) groups excluding carboxylic acids is 3. The van der Waals surface area contributed by atoms with Gasteiger partial charge in [0.15, 0.2) is 6.61 Å². The summed E-state index contributed by atoms with van der Waals surface area (Å²) in [5.74, 6) is -2.32. The topological polar surface area (TPSA) is 72.5 Å². The van der Waals surface area contributed by atoms with Crippen LogP contribution in [0.1, 0.15) is 31.8 Å². The van der Waals surface area contributed by atoms with Crippen LogP contribution in [0.3, 0.4) is 0 Å². The molecule has 2 rings (SSSR count). The molecule has 1 aromatic heterocycles. The first kappa shape index (κ1) is 18.1. The molecule has 8 heteroatoms. The lowest BCUT2D eigenvalue weighted by atomic mass is 10.2. The number of nitrogens with one attached hydrogen (secondary N) is 1. The van der Waals surface area contributed by atoms with Gasteiger partial charge in [0, 0.05) is 16.8 Å². The standard InChI is InChI=1S/C16H13ClFNO4S/c1-9(20)19-7-11-3-5-15(24-11)14(21)8-23-16(22)12-6-10(17)2-4-13(12)18/h2-6H,7-8H2,1H3,(H,19,20). The number of thiophene rings is 1. The van der Waals surface area contributed by atoms with Gasteiger partial charge in [0.1, 0.15) is 5.82 Å². The Kier molecular flexibility index (Phi) is 6.05. The molecule has 0 fully saturated rings. The molecule has 0 bridgehead atoms. The van der Waals surface area contributed by atoms with Crippen LogP contribution in [0, 0.1) is 5.82 Å². The number of Topliss-reactive ketones (excluding diaryl/α,β-unsaturated/α-hetero) is 1. The molecule has 0 atom stereocenters. The predicted octanol–water partition coefficient (Wildman–Crippen LogP) is 3.22. The maximum Gasteiger partial charge on any atom is 0.341 e. The Morgan fingerprint density at radius 2 is 2.00 bits per heavy atom. The Morgan fingerprint density at radius 3 is 2.71 bits per heavy atom. The van der Waals surface area contributed by atoms with Crippen LogP contribution in [0.25, 0.3) is 0 Å². The van der Waals surface area contributed by atoms with Crippen LogP contribution in [0.5, 0.6) is 0 Å². The summed E-state index contributed by atoms with van der Waals surface area (Å²) in [6, 6.07) is 6.78. The lowest BCUT2D eigenvalue weighted by Crippen LogP contribution is -2.18. The van der Waals surface area contributed by atoms with Crippen molar-refractivity contribution in [1.82, 2.24) is 5.32 Å². The smallest absolute Gasteiger partial charge is 0.341 e. The third kappa shape index (κ3) is 4.87. The number of amides is 1. The Hall–Kier alpha value is -2.25. The zero-order chi connectivity index (χ0) is 17.7. The number of hydrogen-bond acceptors (Lipinski definition) is 5. The largest absolute Gasteiger partial charge is 0.454 e. The highest BCUT2D eigenvalue weighted by molar-refractivity contribution is 7.14. The van der Waals surface area contributed by atoms with Crippen molar-refractivity contribution in [3.05, 3.63) is 56.5 Å². The molecule has 0 saturated heterocycles. The minimum Gasteiger partial charge on any atom is -0.454 e. The van der Waals surface area contributed by atoms with Crippen LogP contribution in [0.15, 0.2) is 30.3 Å². The van der Waals surface area contributed by atoms with E-state index in [0.717, 1.165) is 17.0 Å². The number of hydrogen-bond donors (Lipinski definition) is 1. The van der Waals surface area contributed by atoms with E-state index in [2.05, 4.69) is 5.32 Å². The van der Waals surface area contributed by atoms with Crippen LogP contribution >= 0.6 is 22.9 Å². The first-order valence-electron chi connectivity index (χ1n) is 6.85. The van der Waals surface area contributed by atoms with Gasteiger partial charge < -0.3 is 10.1 Å². The van der Waals surface area contributed by atoms with E-state index in [-0.39, 0.29) is 16.5 Å². The fourth-order valence-electron chi connectivity index (χ4n) is 1.77. The second-order valence-corrected chi connectivity index (χ2v) is 6.40. The van der Waals surface area contributed by atoms with Gasteiger partial charge in [0.05, 0.1) is 17.0 Å². The van der Waals surface area contributed by atoms with Crippen LogP contribution in [0.4, 0.5) is 4.39 Å². The van der Waals surface area contributed by atoms with Gasteiger partial charge in [0.2, 0.25) is 11.7 Å². The van der Waals surface area contributed by atoms with E-state index in [1.807, 2.05) is 0 Å². The average molecular weight is 370 g/mol. The minimum atomic E-state index is -0.960. The zero-order valence-corrected chi connectivity index (χ0v) is 14.2. The molecule has 0 saturated carbocycles. The number of benzene rings is 1. The maximum absolute atomic E-state index is 13.5. The normalized spacial score (nSPS) is 10.3. The molecular formula is C16H13ClFNO4S. The number of carbonyl (C=O) groups is 3. The van der Waals surface area contributed by atoms with Gasteiger partial charge in [-0.2, -0.15) is 0 Å². The quantitative estimate of drug-likeness (QED) is 0.627. The SMILES string of the molecule is CC(=O)NCc1ccc(C(=O)COC(=O)c2cc(Cl)ccc2F)s1. The Morgan fingerprint density at radius 1 is 1.25 bits per heavy atom. The molecule has 1 N–H and O–H groups in total.